The Morgan fingerprint density at radius 2 is 1.43 bits per heavy atom. The lowest BCUT2D eigenvalue weighted by Gasteiger charge is -2.15. The van der Waals surface area contributed by atoms with Crippen molar-refractivity contribution in [2.24, 2.45) is 0 Å². The Morgan fingerprint density at radius 3 is 2.07 bits per heavy atom. The van der Waals surface area contributed by atoms with E-state index in [2.05, 4.69) is 10.1 Å². The summed E-state index contributed by atoms with van der Waals surface area (Å²) in [6.45, 7) is 0.0337. The second kappa shape index (κ2) is 13.6. The largest absolute Gasteiger partial charge is 0.573 e. The molecule has 0 aliphatic rings. The molecule has 11 heteroatoms. The van der Waals surface area contributed by atoms with Crippen LogP contribution in [0.1, 0.15) is 27.9 Å². The minimum Gasteiger partial charge on any atom is -0.481 e. The van der Waals surface area contributed by atoms with E-state index < -0.39 is 12.3 Å². The molecule has 0 spiro atoms. The minimum absolute atomic E-state index is 0.0337. The quantitative estimate of drug-likeness (QED) is 0.177. The van der Waals surface area contributed by atoms with Crippen molar-refractivity contribution < 1.29 is 37.3 Å². The number of aliphatic carboxylic acids is 1. The van der Waals surface area contributed by atoms with Crippen LogP contribution in [0.2, 0.25) is 10.0 Å². The average molecular weight is 618 g/mol. The number of halogens is 5. The second-order valence-electron chi connectivity index (χ2n) is 9.17. The number of carboxylic acids is 1. The molecule has 0 atom stereocenters. The number of benzene rings is 4. The first-order valence-electron chi connectivity index (χ1n) is 12.7. The first kappa shape index (κ1) is 30.7. The molecule has 0 bridgehead atoms. The van der Waals surface area contributed by atoms with Gasteiger partial charge in [-0.15, -0.1) is 13.2 Å². The summed E-state index contributed by atoms with van der Waals surface area (Å²) in [7, 11) is 0. The number of ether oxygens (including phenoxy) is 2. The molecule has 4 rings (SSSR count). The highest BCUT2D eigenvalue weighted by atomic mass is 35.5. The summed E-state index contributed by atoms with van der Waals surface area (Å²) in [6, 6.07) is 22.9. The van der Waals surface area contributed by atoms with Crippen LogP contribution in [0.4, 0.5) is 13.2 Å². The van der Waals surface area contributed by atoms with E-state index in [1.165, 1.54) is 24.3 Å². The van der Waals surface area contributed by atoms with E-state index >= 15 is 0 Å². The second-order valence-corrected chi connectivity index (χ2v) is 9.98. The van der Waals surface area contributed by atoms with E-state index in [9.17, 15) is 22.8 Å². The van der Waals surface area contributed by atoms with Gasteiger partial charge in [-0.2, -0.15) is 0 Å². The predicted molar refractivity (Wildman–Crippen MR) is 154 cm³/mol. The molecule has 0 heterocycles. The monoisotopic (exact) mass is 617 g/mol. The summed E-state index contributed by atoms with van der Waals surface area (Å²) in [5.41, 5.74) is 3.87. The lowest BCUT2D eigenvalue weighted by atomic mass is 9.98. The molecule has 6 nitrogen and oxygen atoms in total. The third-order valence-corrected chi connectivity index (χ3v) is 6.86. The van der Waals surface area contributed by atoms with E-state index in [1.807, 2.05) is 30.3 Å². The molecule has 0 unspecified atom stereocenters. The van der Waals surface area contributed by atoms with E-state index in [0.29, 0.717) is 39.9 Å². The summed E-state index contributed by atoms with van der Waals surface area (Å²) in [6.07, 6.45) is -3.84. The van der Waals surface area contributed by atoms with Gasteiger partial charge in [-0.1, -0.05) is 47.5 Å². The first-order chi connectivity index (χ1) is 20.0. The van der Waals surface area contributed by atoms with Gasteiger partial charge in [0.2, 0.25) is 0 Å². The molecule has 0 saturated heterocycles. The van der Waals surface area contributed by atoms with Crippen LogP contribution in [0.15, 0.2) is 84.9 Å². The molecular formula is C31H24Cl2F3NO5. The first-order valence-corrected chi connectivity index (χ1v) is 13.4. The van der Waals surface area contributed by atoms with Crippen molar-refractivity contribution >= 4 is 35.1 Å². The summed E-state index contributed by atoms with van der Waals surface area (Å²) < 4.78 is 47.5. The van der Waals surface area contributed by atoms with Crippen LogP contribution < -0.4 is 14.8 Å². The Morgan fingerprint density at radius 1 is 0.786 bits per heavy atom. The number of hydrogen-bond acceptors (Lipinski definition) is 4. The van der Waals surface area contributed by atoms with Gasteiger partial charge in [-0.3, -0.25) is 9.59 Å². The van der Waals surface area contributed by atoms with Crippen LogP contribution in [-0.2, 0) is 17.6 Å². The fraction of sp³-hybridized carbons (Fsp3) is 0.161. The lowest BCUT2D eigenvalue weighted by Crippen LogP contribution is -2.25. The van der Waals surface area contributed by atoms with Gasteiger partial charge < -0.3 is 19.9 Å². The molecule has 0 aromatic heterocycles. The third-order valence-electron chi connectivity index (χ3n) is 6.12. The van der Waals surface area contributed by atoms with Crippen molar-refractivity contribution in [3.05, 3.63) is 112 Å². The highest BCUT2D eigenvalue weighted by Gasteiger charge is 2.31. The summed E-state index contributed by atoms with van der Waals surface area (Å²) >= 11 is 12.3. The standard InChI is InChI=1S/C31H24Cl2F3NO5/c32-26-13-7-22(18-27(26)33)21-8-14-28(41-24-9-11-25(12-10-24)42-31(34,35)36)23(17-21)6-3-19-1-4-20(5-2-19)30(40)37-16-15-29(38)39/h1-2,4-5,7-14,17-18H,3,6,15-16H2,(H,37,40)(H,38,39). The van der Waals surface area contributed by atoms with Crippen molar-refractivity contribution in [1.29, 1.82) is 0 Å². The van der Waals surface area contributed by atoms with Gasteiger partial charge in [0.25, 0.3) is 5.91 Å². The SMILES string of the molecule is O=C(O)CCNC(=O)c1ccc(CCc2cc(-c3ccc(Cl)c(Cl)c3)ccc2Oc2ccc(OC(F)(F)F)cc2)cc1. The molecule has 0 saturated carbocycles. The normalized spacial score (nSPS) is 11.2. The van der Waals surface area contributed by atoms with Crippen molar-refractivity contribution in [2.45, 2.75) is 25.6 Å². The molecule has 4 aromatic rings. The van der Waals surface area contributed by atoms with Crippen LogP contribution in [0.5, 0.6) is 17.2 Å². The van der Waals surface area contributed by atoms with Gasteiger partial charge in [0.1, 0.15) is 17.2 Å². The van der Waals surface area contributed by atoms with E-state index in [4.69, 9.17) is 33.0 Å². The fourth-order valence-electron chi connectivity index (χ4n) is 4.05. The summed E-state index contributed by atoms with van der Waals surface area (Å²) in [5.74, 6) is -0.878. The zero-order chi connectivity index (χ0) is 30.3. The minimum atomic E-state index is -4.79. The van der Waals surface area contributed by atoms with Crippen molar-refractivity contribution in [3.63, 3.8) is 0 Å². The Kier molecular flexibility index (Phi) is 9.98. The maximum atomic E-state index is 12.5. The molecule has 4 aromatic carbocycles. The topological polar surface area (TPSA) is 84.9 Å². The number of aryl methyl sites for hydroxylation is 2. The van der Waals surface area contributed by atoms with E-state index in [-0.39, 0.29) is 24.6 Å². The number of rotatable bonds is 11. The van der Waals surface area contributed by atoms with Gasteiger partial charge >= 0.3 is 12.3 Å². The highest BCUT2D eigenvalue weighted by Crippen LogP contribution is 2.34. The summed E-state index contributed by atoms with van der Waals surface area (Å²) in [4.78, 5) is 22.9. The molecular weight excluding hydrogens is 594 g/mol. The van der Waals surface area contributed by atoms with Gasteiger partial charge in [0.05, 0.1) is 16.5 Å². The molecule has 42 heavy (non-hydrogen) atoms. The summed E-state index contributed by atoms with van der Waals surface area (Å²) in [5, 5.41) is 12.1. The average Bonchev–Trinajstić information content (AvgIpc) is 2.94. The number of carboxylic acid groups (broad SMARTS) is 1. The zero-order valence-electron chi connectivity index (χ0n) is 21.9. The Hall–Kier alpha value is -4.21. The van der Waals surface area contributed by atoms with Crippen LogP contribution >= 0.6 is 23.2 Å². The number of nitrogens with one attached hydrogen (secondary N) is 1. The fourth-order valence-corrected chi connectivity index (χ4v) is 4.35. The maximum absolute atomic E-state index is 12.5. The number of carbonyl (C=O) groups is 2. The maximum Gasteiger partial charge on any atom is 0.573 e. The van der Waals surface area contributed by atoms with Crippen LogP contribution in [0.3, 0.4) is 0 Å². The van der Waals surface area contributed by atoms with Gasteiger partial charge in [-0.05, 0) is 95.8 Å². The van der Waals surface area contributed by atoms with Crippen LogP contribution in [-0.4, -0.2) is 29.9 Å². The number of hydrogen-bond donors (Lipinski definition) is 2. The van der Waals surface area contributed by atoms with Crippen LogP contribution in [0.25, 0.3) is 11.1 Å². The van der Waals surface area contributed by atoms with E-state index in [1.54, 1.807) is 30.3 Å². The molecule has 0 aliphatic heterocycles. The molecule has 0 radical (unpaired) electrons. The predicted octanol–water partition coefficient (Wildman–Crippen LogP) is 8.34. The highest BCUT2D eigenvalue weighted by molar-refractivity contribution is 6.42. The molecule has 2 N–H and O–H groups in total. The Labute approximate surface area is 249 Å². The number of alkyl halides is 3. The van der Waals surface area contributed by atoms with Crippen molar-refractivity contribution in [2.75, 3.05) is 6.54 Å². The zero-order valence-corrected chi connectivity index (χ0v) is 23.4. The molecule has 218 valence electrons. The van der Waals surface area contributed by atoms with Crippen molar-refractivity contribution in [1.82, 2.24) is 5.32 Å². The number of amides is 1. The van der Waals surface area contributed by atoms with Gasteiger partial charge in [0.15, 0.2) is 0 Å². The Balaban J connectivity index is 1.53. The molecule has 1 amide bonds. The van der Waals surface area contributed by atoms with Gasteiger partial charge in [0, 0.05) is 12.1 Å². The smallest absolute Gasteiger partial charge is 0.481 e. The van der Waals surface area contributed by atoms with E-state index in [0.717, 1.165) is 22.3 Å². The Bertz CT molecular complexity index is 1560. The number of carbonyl (C=O) groups excluding carboxylic acids is 1. The third kappa shape index (κ3) is 8.89. The molecule has 0 aliphatic carbocycles. The van der Waals surface area contributed by atoms with Crippen LogP contribution in [0, 0.1) is 0 Å². The van der Waals surface area contributed by atoms with Gasteiger partial charge in [-0.25, -0.2) is 0 Å². The molecule has 0 fully saturated rings. The van der Waals surface area contributed by atoms with Crippen molar-refractivity contribution in [3.8, 4) is 28.4 Å². The lowest BCUT2D eigenvalue weighted by molar-refractivity contribution is -0.274.